The normalized spacial score (nSPS) is 10.8. The van der Waals surface area contributed by atoms with Crippen LogP contribution in [0, 0.1) is 0 Å². The third kappa shape index (κ3) is 2.15. The second-order valence-corrected chi connectivity index (χ2v) is 4.59. The summed E-state index contributed by atoms with van der Waals surface area (Å²) in [5.74, 6) is 0.469. The van der Waals surface area contributed by atoms with E-state index in [1.165, 1.54) is 5.56 Å². The summed E-state index contributed by atoms with van der Waals surface area (Å²) in [7, 11) is 0. The molecule has 0 saturated heterocycles. The van der Waals surface area contributed by atoms with E-state index < -0.39 is 0 Å². The molecule has 0 aliphatic heterocycles. The summed E-state index contributed by atoms with van der Waals surface area (Å²) in [6.45, 7) is 4.23. The zero-order valence-corrected chi connectivity index (χ0v) is 9.96. The molecule has 66 valence electrons. The van der Waals surface area contributed by atoms with Gasteiger partial charge in [0.15, 0.2) is 0 Å². The maximum Gasteiger partial charge on any atom is 0.0734 e. The number of hydrogen-bond donors (Lipinski definition) is 0. The lowest BCUT2D eigenvalue weighted by Gasteiger charge is -2.07. The van der Waals surface area contributed by atoms with Crippen LogP contribution in [-0.4, -0.2) is 0 Å². The van der Waals surface area contributed by atoms with Gasteiger partial charge in [-0.3, -0.25) is 0 Å². The van der Waals surface area contributed by atoms with Gasteiger partial charge >= 0.3 is 0 Å². The number of rotatable bonds is 1. The molecule has 0 fully saturated rings. The lowest BCUT2D eigenvalue weighted by molar-refractivity contribution is 0.866. The van der Waals surface area contributed by atoms with Crippen LogP contribution in [-0.2, 0) is 0 Å². The molecule has 0 amide bonds. The zero-order chi connectivity index (χ0) is 9.30. The van der Waals surface area contributed by atoms with Gasteiger partial charge in [0.1, 0.15) is 0 Å². The van der Waals surface area contributed by atoms with E-state index in [9.17, 15) is 0 Å². The van der Waals surface area contributed by atoms with Gasteiger partial charge in [0, 0.05) is 4.47 Å². The van der Waals surface area contributed by atoms with E-state index in [0.717, 1.165) is 4.47 Å². The smallest absolute Gasteiger partial charge is 0.0734 e. The predicted octanol–water partition coefficient (Wildman–Crippen LogP) is 4.88. The molecule has 0 N–H and O–H groups in total. The van der Waals surface area contributed by atoms with Crippen molar-refractivity contribution in [1.29, 1.82) is 0 Å². The van der Waals surface area contributed by atoms with Crippen molar-refractivity contribution >= 4 is 39.1 Å². The van der Waals surface area contributed by atoms with Gasteiger partial charge in [0.25, 0.3) is 0 Å². The number of hydrogen-bond acceptors (Lipinski definition) is 0. The van der Waals surface area contributed by atoms with E-state index in [2.05, 4.69) is 29.8 Å². The van der Waals surface area contributed by atoms with Crippen molar-refractivity contribution in [2.45, 2.75) is 19.8 Å². The maximum atomic E-state index is 5.90. The van der Waals surface area contributed by atoms with Crippen LogP contribution in [0.4, 0.5) is 0 Å². The highest BCUT2D eigenvalue weighted by Crippen LogP contribution is 2.33. The van der Waals surface area contributed by atoms with Crippen molar-refractivity contribution in [2.24, 2.45) is 0 Å². The Kier molecular flexibility index (Phi) is 3.45. The molecule has 0 aliphatic carbocycles. The zero-order valence-electron chi connectivity index (χ0n) is 6.87. The summed E-state index contributed by atoms with van der Waals surface area (Å²) in [6, 6.07) is 3.90. The highest BCUT2D eigenvalue weighted by atomic mass is 79.9. The molecule has 0 bridgehead atoms. The molecule has 0 spiro atoms. The van der Waals surface area contributed by atoms with E-state index in [1.807, 2.05) is 12.1 Å². The van der Waals surface area contributed by atoms with Crippen molar-refractivity contribution < 1.29 is 0 Å². The topological polar surface area (TPSA) is 0 Å². The summed E-state index contributed by atoms with van der Waals surface area (Å²) in [4.78, 5) is 0. The van der Waals surface area contributed by atoms with E-state index in [4.69, 9.17) is 23.2 Å². The minimum atomic E-state index is 0.469. The molecule has 12 heavy (non-hydrogen) atoms. The summed E-state index contributed by atoms with van der Waals surface area (Å²) in [5, 5.41) is 1.19. The average Bonchev–Trinajstić information content (AvgIpc) is 1.99. The largest absolute Gasteiger partial charge is 0.0827 e. The molecule has 0 aliphatic rings. The molecule has 0 aromatic heterocycles. The minimum absolute atomic E-state index is 0.469. The van der Waals surface area contributed by atoms with Gasteiger partial charge in [0.2, 0.25) is 0 Å². The highest BCUT2D eigenvalue weighted by Gasteiger charge is 2.07. The first kappa shape index (κ1) is 10.4. The quantitative estimate of drug-likeness (QED) is 0.637. The summed E-state index contributed by atoms with van der Waals surface area (Å²) >= 11 is 15.1. The Morgan fingerprint density at radius 3 is 2.25 bits per heavy atom. The van der Waals surface area contributed by atoms with E-state index in [1.54, 1.807) is 0 Å². The average molecular weight is 268 g/mol. The lowest BCUT2D eigenvalue weighted by Crippen LogP contribution is -1.87. The van der Waals surface area contributed by atoms with Crippen LogP contribution in [0.3, 0.4) is 0 Å². The molecule has 1 aromatic rings. The van der Waals surface area contributed by atoms with Crippen molar-refractivity contribution in [3.8, 4) is 0 Å². The molecule has 0 nitrogen and oxygen atoms in total. The Bertz CT molecular complexity index is 272. The second kappa shape index (κ2) is 3.99. The lowest BCUT2D eigenvalue weighted by atomic mass is 10.0. The minimum Gasteiger partial charge on any atom is -0.0827 e. The molecular formula is C9H9BrCl2. The van der Waals surface area contributed by atoms with Gasteiger partial charge in [0.05, 0.1) is 10.0 Å². The Morgan fingerprint density at radius 2 is 1.83 bits per heavy atom. The molecule has 0 atom stereocenters. The monoisotopic (exact) mass is 266 g/mol. The van der Waals surface area contributed by atoms with Gasteiger partial charge in [-0.25, -0.2) is 0 Å². The Hall–Kier alpha value is 0.280. The van der Waals surface area contributed by atoms with E-state index in [0.29, 0.717) is 16.0 Å². The van der Waals surface area contributed by atoms with Crippen molar-refractivity contribution in [3.05, 3.63) is 32.2 Å². The summed E-state index contributed by atoms with van der Waals surface area (Å²) < 4.78 is 0.861. The number of benzene rings is 1. The van der Waals surface area contributed by atoms with Gasteiger partial charge in [-0.15, -0.1) is 0 Å². The van der Waals surface area contributed by atoms with Crippen molar-refractivity contribution in [2.75, 3.05) is 0 Å². The van der Waals surface area contributed by atoms with Gasteiger partial charge in [-0.1, -0.05) is 37.0 Å². The molecule has 3 heteroatoms. The van der Waals surface area contributed by atoms with Crippen LogP contribution in [0.1, 0.15) is 25.3 Å². The Balaban J connectivity index is 3.21. The van der Waals surface area contributed by atoms with Crippen molar-refractivity contribution in [1.82, 2.24) is 0 Å². The van der Waals surface area contributed by atoms with Crippen LogP contribution in [0.25, 0.3) is 0 Å². The third-order valence-electron chi connectivity index (χ3n) is 1.67. The molecule has 1 aromatic carbocycles. The fourth-order valence-electron chi connectivity index (χ4n) is 0.908. The molecule has 0 heterocycles. The Labute approximate surface area is 91.0 Å². The molecule has 0 saturated carbocycles. The summed E-state index contributed by atoms with van der Waals surface area (Å²) in [6.07, 6.45) is 0. The molecule has 0 radical (unpaired) electrons. The predicted molar refractivity (Wildman–Crippen MR) is 58.3 cm³/mol. The second-order valence-electron chi connectivity index (χ2n) is 2.95. The van der Waals surface area contributed by atoms with Crippen molar-refractivity contribution in [3.63, 3.8) is 0 Å². The molecule has 0 unspecified atom stereocenters. The number of halogens is 3. The summed E-state index contributed by atoms with van der Waals surface area (Å²) in [5.41, 5.74) is 1.19. The molecule has 1 rings (SSSR count). The van der Waals surface area contributed by atoms with Gasteiger partial charge < -0.3 is 0 Å². The standard InChI is InChI=1S/C9H9BrCl2/c1-5(2)6-3-7(10)9(12)8(11)4-6/h3-5H,1-2H3. The fraction of sp³-hybridized carbons (Fsp3) is 0.333. The SMILES string of the molecule is CC(C)c1cc(Cl)c(Cl)c(Br)c1. The fourth-order valence-corrected chi connectivity index (χ4v) is 1.84. The third-order valence-corrected chi connectivity index (χ3v) is 3.33. The van der Waals surface area contributed by atoms with Gasteiger partial charge in [-0.2, -0.15) is 0 Å². The maximum absolute atomic E-state index is 5.90. The highest BCUT2D eigenvalue weighted by molar-refractivity contribution is 9.10. The van der Waals surface area contributed by atoms with E-state index >= 15 is 0 Å². The first-order chi connectivity index (χ1) is 5.52. The first-order valence-electron chi connectivity index (χ1n) is 3.67. The first-order valence-corrected chi connectivity index (χ1v) is 5.21. The Morgan fingerprint density at radius 1 is 1.25 bits per heavy atom. The van der Waals surface area contributed by atoms with Crippen LogP contribution in [0.15, 0.2) is 16.6 Å². The van der Waals surface area contributed by atoms with Crippen LogP contribution in [0.2, 0.25) is 10.0 Å². The molecular weight excluding hydrogens is 259 g/mol. The van der Waals surface area contributed by atoms with E-state index in [-0.39, 0.29) is 0 Å². The van der Waals surface area contributed by atoms with Crippen LogP contribution < -0.4 is 0 Å². The van der Waals surface area contributed by atoms with Gasteiger partial charge in [-0.05, 0) is 39.5 Å². The van der Waals surface area contributed by atoms with Crippen LogP contribution >= 0.6 is 39.1 Å². The van der Waals surface area contributed by atoms with Crippen LogP contribution in [0.5, 0.6) is 0 Å².